The standard InChI is InChI=1S/C21H15I2NO4S/c1-2-9-28-19-16(22)11-14(12-17(19)23)13-18-20(25)24(21(26)29-18)8-10-27-15-6-4-3-5-7-15/h1,3-7,11-13H,8-10H2/b18-13-. The summed E-state index contributed by atoms with van der Waals surface area (Å²) in [4.78, 5) is 26.5. The van der Waals surface area contributed by atoms with Gasteiger partial charge in [-0.25, -0.2) is 0 Å². The average molecular weight is 631 g/mol. The number of nitrogens with zero attached hydrogens (tertiary/aromatic N) is 1. The van der Waals surface area contributed by atoms with Crippen molar-refractivity contribution in [3.8, 4) is 23.8 Å². The number of terminal acetylenes is 1. The lowest BCUT2D eigenvalue weighted by atomic mass is 10.2. The Morgan fingerprint density at radius 3 is 2.45 bits per heavy atom. The zero-order valence-electron chi connectivity index (χ0n) is 15.1. The highest BCUT2D eigenvalue weighted by Crippen LogP contribution is 2.34. The highest BCUT2D eigenvalue weighted by Gasteiger charge is 2.34. The summed E-state index contributed by atoms with van der Waals surface area (Å²) in [5.41, 5.74) is 0.817. The summed E-state index contributed by atoms with van der Waals surface area (Å²) in [5.74, 6) is 3.55. The van der Waals surface area contributed by atoms with E-state index in [2.05, 4.69) is 51.1 Å². The Kier molecular flexibility index (Phi) is 7.85. The maximum atomic E-state index is 12.7. The summed E-state index contributed by atoms with van der Waals surface area (Å²) in [6.45, 7) is 0.631. The molecule has 5 nitrogen and oxygen atoms in total. The van der Waals surface area contributed by atoms with Crippen LogP contribution in [0.25, 0.3) is 6.08 Å². The van der Waals surface area contributed by atoms with Crippen LogP contribution in [0, 0.1) is 19.5 Å². The average Bonchev–Trinajstić information content (AvgIpc) is 2.95. The highest BCUT2D eigenvalue weighted by molar-refractivity contribution is 14.1. The van der Waals surface area contributed by atoms with Crippen LogP contribution in [0.15, 0.2) is 47.4 Å². The Hall–Kier alpha value is -1.71. The molecule has 0 unspecified atom stereocenters. The fraction of sp³-hybridized carbons (Fsp3) is 0.143. The Morgan fingerprint density at radius 1 is 1.10 bits per heavy atom. The molecule has 1 fully saturated rings. The van der Waals surface area contributed by atoms with Gasteiger partial charge in [-0.2, -0.15) is 0 Å². The Morgan fingerprint density at radius 2 is 1.79 bits per heavy atom. The molecule has 0 spiro atoms. The minimum atomic E-state index is -0.311. The van der Waals surface area contributed by atoms with Crippen LogP contribution >= 0.6 is 56.9 Å². The minimum Gasteiger partial charge on any atom is -0.492 e. The molecule has 0 bridgehead atoms. The molecular formula is C21H15I2NO4S. The van der Waals surface area contributed by atoms with Gasteiger partial charge in [0.1, 0.15) is 24.7 Å². The number of imide groups is 1. The molecule has 0 aliphatic carbocycles. The molecule has 0 radical (unpaired) electrons. The van der Waals surface area contributed by atoms with Crippen molar-refractivity contribution in [3.05, 3.63) is 60.1 Å². The van der Waals surface area contributed by atoms with Gasteiger partial charge in [0.15, 0.2) is 0 Å². The third kappa shape index (κ3) is 5.67. The van der Waals surface area contributed by atoms with Crippen molar-refractivity contribution >= 4 is 74.2 Å². The Bertz CT molecular complexity index is 978. The van der Waals surface area contributed by atoms with Crippen LogP contribution in [0.5, 0.6) is 11.5 Å². The van der Waals surface area contributed by atoms with Crippen molar-refractivity contribution in [2.75, 3.05) is 19.8 Å². The van der Waals surface area contributed by atoms with E-state index in [1.807, 2.05) is 42.5 Å². The zero-order chi connectivity index (χ0) is 20.8. The number of para-hydroxylation sites is 1. The molecular weight excluding hydrogens is 616 g/mol. The van der Waals surface area contributed by atoms with Crippen LogP contribution in [0.3, 0.4) is 0 Å². The van der Waals surface area contributed by atoms with E-state index in [-0.39, 0.29) is 30.9 Å². The second kappa shape index (κ2) is 10.4. The van der Waals surface area contributed by atoms with Gasteiger partial charge in [0, 0.05) is 0 Å². The number of amides is 2. The van der Waals surface area contributed by atoms with E-state index in [1.54, 1.807) is 6.08 Å². The third-order valence-electron chi connectivity index (χ3n) is 3.82. The molecule has 148 valence electrons. The van der Waals surface area contributed by atoms with E-state index in [4.69, 9.17) is 15.9 Å². The predicted molar refractivity (Wildman–Crippen MR) is 131 cm³/mol. The van der Waals surface area contributed by atoms with Crippen molar-refractivity contribution in [1.82, 2.24) is 4.90 Å². The fourth-order valence-corrected chi connectivity index (χ4v) is 5.52. The van der Waals surface area contributed by atoms with Gasteiger partial charge in [-0.3, -0.25) is 14.5 Å². The first kappa shape index (κ1) is 22.0. The molecule has 1 aliphatic heterocycles. The number of carbonyl (C=O) groups is 2. The molecule has 0 N–H and O–H groups in total. The SMILES string of the molecule is C#CCOc1c(I)cc(/C=C2\SC(=O)N(CCOc3ccccc3)C2=O)cc1I. The number of benzene rings is 2. The van der Waals surface area contributed by atoms with E-state index >= 15 is 0 Å². The first-order valence-electron chi connectivity index (χ1n) is 8.48. The second-order valence-electron chi connectivity index (χ2n) is 5.80. The summed E-state index contributed by atoms with van der Waals surface area (Å²) in [7, 11) is 0. The van der Waals surface area contributed by atoms with Crippen LogP contribution in [-0.2, 0) is 4.79 Å². The lowest BCUT2D eigenvalue weighted by Crippen LogP contribution is -2.32. The minimum absolute atomic E-state index is 0.190. The van der Waals surface area contributed by atoms with Gasteiger partial charge in [-0.15, -0.1) is 6.42 Å². The maximum absolute atomic E-state index is 12.7. The summed E-state index contributed by atoms with van der Waals surface area (Å²) < 4.78 is 12.9. The zero-order valence-corrected chi connectivity index (χ0v) is 20.2. The van der Waals surface area contributed by atoms with Crippen LogP contribution in [0.1, 0.15) is 5.56 Å². The van der Waals surface area contributed by atoms with Crippen molar-refractivity contribution < 1.29 is 19.1 Å². The molecule has 1 aliphatic rings. The molecule has 0 saturated carbocycles. The van der Waals surface area contributed by atoms with E-state index in [0.29, 0.717) is 16.4 Å². The number of thioether (sulfide) groups is 1. The molecule has 8 heteroatoms. The summed E-state index contributed by atoms with van der Waals surface area (Å²) in [5, 5.41) is -0.295. The second-order valence-corrected chi connectivity index (χ2v) is 9.12. The molecule has 2 amide bonds. The molecule has 3 rings (SSSR count). The van der Waals surface area contributed by atoms with E-state index < -0.39 is 0 Å². The van der Waals surface area contributed by atoms with Gasteiger partial charge in [-0.1, -0.05) is 24.1 Å². The topological polar surface area (TPSA) is 55.8 Å². The summed E-state index contributed by atoms with van der Waals surface area (Å²) >= 11 is 5.26. The van der Waals surface area contributed by atoms with Gasteiger partial charge < -0.3 is 9.47 Å². The van der Waals surface area contributed by atoms with E-state index in [9.17, 15) is 9.59 Å². The number of hydrogen-bond acceptors (Lipinski definition) is 5. The molecule has 2 aromatic rings. The van der Waals surface area contributed by atoms with Crippen molar-refractivity contribution in [2.45, 2.75) is 0 Å². The molecule has 1 saturated heterocycles. The van der Waals surface area contributed by atoms with Crippen LogP contribution in [0.4, 0.5) is 4.79 Å². The molecule has 0 atom stereocenters. The first-order chi connectivity index (χ1) is 14.0. The number of hydrogen-bond donors (Lipinski definition) is 0. The van der Waals surface area contributed by atoms with Crippen LogP contribution in [0.2, 0.25) is 0 Å². The van der Waals surface area contributed by atoms with Crippen LogP contribution in [-0.4, -0.2) is 35.8 Å². The van der Waals surface area contributed by atoms with Gasteiger partial charge >= 0.3 is 0 Å². The first-order valence-corrected chi connectivity index (χ1v) is 11.5. The van der Waals surface area contributed by atoms with Crippen LogP contribution < -0.4 is 9.47 Å². The van der Waals surface area contributed by atoms with Gasteiger partial charge in [-0.05, 0) is 92.8 Å². The largest absolute Gasteiger partial charge is 0.492 e. The normalized spacial score (nSPS) is 14.9. The molecule has 0 aromatic heterocycles. The lowest BCUT2D eigenvalue weighted by molar-refractivity contribution is -0.123. The maximum Gasteiger partial charge on any atom is 0.293 e. The molecule has 2 aromatic carbocycles. The van der Waals surface area contributed by atoms with Gasteiger partial charge in [0.05, 0.1) is 18.6 Å². The lowest BCUT2D eigenvalue weighted by Gasteiger charge is -2.13. The summed E-state index contributed by atoms with van der Waals surface area (Å²) in [6.07, 6.45) is 6.97. The third-order valence-corrected chi connectivity index (χ3v) is 6.33. The highest BCUT2D eigenvalue weighted by atomic mass is 127. The van der Waals surface area contributed by atoms with Crippen molar-refractivity contribution in [1.29, 1.82) is 0 Å². The predicted octanol–water partition coefficient (Wildman–Crippen LogP) is 5.02. The van der Waals surface area contributed by atoms with E-state index in [0.717, 1.165) is 24.5 Å². The van der Waals surface area contributed by atoms with Gasteiger partial charge in [0.25, 0.3) is 11.1 Å². The van der Waals surface area contributed by atoms with Gasteiger partial charge in [0.2, 0.25) is 0 Å². The number of carbonyl (C=O) groups excluding carboxylic acids is 2. The monoisotopic (exact) mass is 631 g/mol. The Balaban J connectivity index is 1.68. The summed E-state index contributed by atoms with van der Waals surface area (Å²) in [6, 6.07) is 13.1. The molecule has 1 heterocycles. The fourth-order valence-electron chi connectivity index (χ4n) is 2.53. The van der Waals surface area contributed by atoms with Crippen molar-refractivity contribution in [3.63, 3.8) is 0 Å². The van der Waals surface area contributed by atoms with E-state index in [1.165, 1.54) is 4.90 Å². The van der Waals surface area contributed by atoms with Crippen molar-refractivity contribution in [2.24, 2.45) is 0 Å². The smallest absolute Gasteiger partial charge is 0.293 e. The number of halogens is 2. The quantitative estimate of drug-likeness (QED) is 0.244. The Labute approximate surface area is 200 Å². The molecule has 29 heavy (non-hydrogen) atoms. The number of ether oxygens (including phenoxy) is 2. The number of rotatable bonds is 7.